The van der Waals surface area contributed by atoms with Gasteiger partial charge >= 0.3 is 12.1 Å². The number of ether oxygens (including phenoxy) is 1. The van der Waals surface area contributed by atoms with Crippen LogP contribution in [0.15, 0.2) is 30.3 Å². The minimum atomic E-state index is -1.12. The van der Waals surface area contributed by atoms with Crippen LogP contribution in [-0.4, -0.2) is 29.8 Å². The van der Waals surface area contributed by atoms with Crippen molar-refractivity contribution in [1.82, 2.24) is 0 Å². The van der Waals surface area contributed by atoms with E-state index < -0.39 is 18.2 Å². The normalized spacial score (nSPS) is 20.1. The Bertz CT molecular complexity index is 390. The smallest absolute Gasteiger partial charge is 0.415 e. The number of amides is 1. The molecule has 0 aromatic heterocycles. The average molecular weight is 207 g/mol. The number of cyclic esters (lactones) is 1. The van der Waals surface area contributed by atoms with Crippen molar-refractivity contribution >= 4 is 17.7 Å². The number of rotatable bonds is 2. The lowest BCUT2D eigenvalue weighted by Crippen LogP contribution is -2.27. The summed E-state index contributed by atoms with van der Waals surface area (Å²) in [6, 6.07) is 8.82. The number of carboxylic acid groups (broad SMARTS) is 1. The van der Waals surface area contributed by atoms with Crippen molar-refractivity contribution in [2.24, 2.45) is 0 Å². The summed E-state index contributed by atoms with van der Waals surface area (Å²) in [6.07, 6.45) is -1.69. The van der Waals surface area contributed by atoms with Crippen LogP contribution < -0.4 is 4.90 Å². The van der Waals surface area contributed by atoms with Gasteiger partial charge in [-0.15, -0.1) is 0 Å². The summed E-state index contributed by atoms with van der Waals surface area (Å²) in [7, 11) is 0. The predicted molar refractivity (Wildman–Crippen MR) is 51.7 cm³/mol. The third-order valence-corrected chi connectivity index (χ3v) is 2.16. The van der Waals surface area contributed by atoms with Crippen molar-refractivity contribution in [3.63, 3.8) is 0 Å². The fourth-order valence-electron chi connectivity index (χ4n) is 1.41. The third kappa shape index (κ3) is 1.76. The van der Waals surface area contributed by atoms with Gasteiger partial charge in [0.2, 0.25) is 6.10 Å². The number of hydrogen-bond acceptors (Lipinski definition) is 3. The fourth-order valence-corrected chi connectivity index (χ4v) is 1.41. The largest absolute Gasteiger partial charge is 0.478 e. The van der Waals surface area contributed by atoms with Crippen LogP contribution in [0.3, 0.4) is 0 Å². The van der Waals surface area contributed by atoms with E-state index in [1.54, 1.807) is 24.3 Å². The molecule has 1 saturated heterocycles. The molecule has 0 radical (unpaired) electrons. The summed E-state index contributed by atoms with van der Waals surface area (Å²) in [6.45, 7) is 0.0537. The van der Waals surface area contributed by atoms with E-state index in [9.17, 15) is 9.59 Å². The van der Waals surface area contributed by atoms with Crippen LogP contribution in [0.1, 0.15) is 0 Å². The molecule has 78 valence electrons. The van der Waals surface area contributed by atoms with Crippen molar-refractivity contribution in [2.45, 2.75) is 6.10 Å². The topological polar surface area (TPSA) is 66.8 Å². The van der Waals surface area contributed by atoms with E-state index in [0.717, 1.165) is 0 Å². The van der Waals surface area contributed by atoms with Gasteiger partial charge in [0.1, 0.15) is 0 Å². The number of para-hydroxylation sites is 1. The average Bonchev–Trinajstić information content (AvgIpc) is 2.62. The van der Waals surface area contributed by atoms with Crippen LogP contribution >= 0.6 is 0 Å². The van der Waals surface area contributed by atoms with E-state index in [-0.39, 0.29) is 6.54 Å². The molecule has 0 bridgehead atoms. The monoisotopic (exact) mass is 207 g/mol. The molecule has 0 spiro atoms. The van der Waals surface area contributed by atoms with Gasteiger partial charge in [-0.3, -0.25) is 4.90 Å². The maximum Gasteiger partial charge on any atom is 0.415 e. The lowest BCUT2D eigenvalue weighted by atomic mass is 10.3. The first-order valence-electron chi connectivity index (χ1n) is 4.44. The molecule has 5 heteroatoms. The second-order valence-corrected chi connectivity index (χ2v) is 3.16. The molecule has 2 rings (SSSR count). The van der Waals surface area contributed by atoms with Gasteiger partial charge < -0.3 is 9.84 Å². The minimum Gasteiger partial charge on any atom is -0.478 e. The van der Waals surface area contributed by atoms with Crippen molar-refractivity contribution in [2.75, 3.05) is 11.4 Å². The molecule has 1 atom stereocenters. The lowest BCUT2D eigenvalue weighted by Gasteiger charge is -2.11. The second kappa shape index (κ2) is 3.61. The molecule has 1 aromatic carbocycles. The Balaban J connectivity index is 2.19. The Hall–Kier alpha value is -2.04. The summed E-state index contributed by atoms with van der Waals surface area (Å²) in [4.78, 5) is 23.3. The van der Waals surface area contributed by atoms with Crippen LogP contribution in [0.25, 0.3) is 0 Å². The molecule has 1 unspecified atom stereocenters. The zero-order chi connectivity index (χ0) is 10.8. The molecular formula is C10H9NO4. The van der Waals surface area contributed by atoms with Crippen LogP contribution in [0, 0.1) is 0 Å². The Morgan fingerprint density at radius 2 is 2.07 bits per heavy atom. The summed E-state index contributed by atoms with van der Waals surface area (Å²) < 4.78 is 4.68. The van der Waals surface area contributed by atoms with Crippen molar-refractivity contribution in [3.8, 4) is 0 Å². The molecule has 0 saturated carbocycles. The maximum atomic E-state index is 11.3. The molecule has 5 nitrogen and oxygen atoms in total. The summed E-state index contributed by atoms with van der Waals surface area (Å²) in [5.74, 6) is -1.12. The van der Waals surface area contributed by atoms with Crippen LogP contribution in [-0.2, 0) is 9.53 Å². The molecular weight excluding hydrogens is 198 g/mol. The van der Waals surface area contributed by atoms with Crippen LogP contribution in [0.5, 0.6) is 0 Å². The van der Waals surface area contributed by atoms with Gasteiger partial charge in [0.05, 0.1) is 6.54 Å². The Morgan fingerprint density at radius 1 is 1.40 bits per heavy atom. The molecule has 1 fully saturated rings. The standard InChI is InChI=1S/C10H9NO4/c12-9(13)8-6-11(10(14)15-8)7-4-2-1-3-5-7/h1-5,8H,6H2,(H,12,13). The molecule has 0 aliphatic carbocycles. The summed E-state index contributed by atoms with van der Waals surface area (Å²) in [5.41, 5.74) is 0.645. The minimum absolute atomic E-state index is 0.0537. The second-order valence-electron chi connectivity index (χ2n) is 3.16. The van der Waals surface area contributed by atoms with Crippen LogP contribution in [0.2, 0.25) is 0 Å². The molecule has 1 aliphatic heterocycles. The number of carbonyl (C=O) groups excluding carboxylic acids is 1. The van der Waals surface area contributed by atoms with Crippen LogP contribution in [0.4, 0.5) is 10.5 Å². The number of benzene rings is 1. The van der Waals surface area contributed by atoms with E-state index in [2.05, 4.69) is 4.74 Å². The number of carboxylic acids is 1. The van der Waals surface area contributed by atoms with Gasteiger partial charge in [0, 0.05) is 5.69 Å². The highest BCUT2D eigenvalue weighted by Crippen LogP contribution is 2.20. The first-order chi connectivity index (χ1) is 7.18. The van der Waals surface area contributed by atoms with Gasteiger partial charge in [0.25, 0.3) is 0 Å². The number of aliphatic carboxylic acids is 1. The predicted octanol–water partition coefficient (Wildman–Crippen LogP) is 1.10. The molecule has 1 heterocycles. The highest BCUT2D eigenvalue weighted by atomic mass is 16.6. The maximum absolute atomic E-state index is 11.3. The van der Waals surface area contributed by atoms with E-state index in [0.29, 0.717) is 5.69 Å². The molecule has 1 N–H and O–H groups in total. The number of anilines is 1. The molecule has 1 aliphatic rings. The number of nitrogens with zero attached hydrogens (tertiary/aromatic N) is 1. The first kappa shape index (κ1) is 9.51. The SMILES string of the molecule is O=C(O)C1CN(c2ccccc2)C(=O)O1. The highest BCUT2D eigenvalue weighted by molar-refractivity contribution is 5.93. The van der Waals surface area contributed by atoms with Gasteiger partial charge in [-0.2, -0.15) is 0 Å². The molecule has 1 aromatic rings. The van der Waals surface area contributed by atoms with E-state index in [1.807, 2.05) is 6.07 Å². The van der Waals surface area contributed by atoms with Crippen molar-refractivity contribution < 1.29 is 19.4 Å². The zero-order valence-electron chi connectivity index (χ0n) is 7.79. The fraction of sp³-hybridized carbons (Fsp3) is 0.200. The van der Waals surface area contributed by atoms with Gasteiger partial charge in [-0.25, -0.2) is 9.59 Å². The number of hydrogen-bond donors (Lipinski definition) is 1. The van der Waals surface area contributed by atoms with E-state index >= 15 is 0 Å². The van der Waals surface area contributed by atoms with Gasteiger partial charge in [-0.1, -0.05) is 18.2 Å². The van der Waals surface area contributed by atoms with Gasteiger partial charge in [-0.05, 0) is 12.1 Å². The lowest BCUT2D eigenvalue weighted by molar-refractivity contribution is -0.144. The third-order valence-electron chi connectivity index (χ3n) is 2.16. The first-order valence-corrected chi connectivity index (χ1v) is 4.44. The van der Waals surface area contributed by atoms with Gasteiger partial charge in [0.15, 0.2) is 0 Å². The van der Waals surface area contributed by atoms with Crippen molar-refractivity contribution in [1.29, 1.82) is 0 Å². The molecule has 15 heavy (non-hydrogen) atoms. The Morgan fingerprint density at radius 3 is 2.60 bits per heavy atom. The molecule has 1 amide bonds. The van der Waals surface area contributed by atoms with E-state index in [4.69, 9.17) is 5.11 Å². The number of carbonyl (C=O) groups is 2. The van der Waals surface area contributed by atoms with Crippen molar-refractivity contribution in [3.05, 3.63) is 30.3 Å². The zero-order valence-corrected chi connectivity index (χ0v) is 7.79. The summed E-state index contributed by atoms with van der Waals surface area (Å²) in [5, 5.41) is 8.69. The Labute approximate surface area is 85.9 Å². The quantitative estimate of drug-likeness (QED) is 0.788. The highest BCUT2D eigenvalue weighted by Gasteiger charge is 2.36. The Kier molecular flexibility index (Phi) is 2.29. The van der Waals surface area contributed by atoms with E-state index in [1.165, 1.54) is 4.90 Å². The summed E-state index contributed by atoms with van der Waals surface area (Å²) >= 11 is 0.